The topological polar surface area (TPSA) is 51.5 Å². The van der Waals surface area contributed by atoms with E-state index in [1.165, 1.54) is 0 Å². The minimum absolute atomic E-state index is 0.225. The molecule has 1 N–H and O–H groups in total. The van der Waals surface area contributed by atoms with Crippen LogP contribution >= 0.6 is 0 Å². The maximum Gasteiger partial charge on any atom is 0.243 e. The first-order valence-corrected chi connectivity index (χ1v) is 5.94. The van der Waals surface area contributed by atoms with E-state index in [-0.39, 0.29) is 6.10 Å². The molecular formula is C12H16N4O. The minimum atomic E-state index is 0.225. The van der Waals surface area contributed by atoms with Gasteiger partial charge in [-0.05, 0) is 31.9 Å². The van der Waals surface area contributed by atoms with Crippen molar-refractivity contribution in [1.29, 1.82) is 0 Å². The highest BCUT2D eigenvalue weighted by Crippen LogP contribution is 2.17. The van der Waals surface area contributed by atoms with E-state index in [0.717, 1.165) is 24.2 Å². The average molecular weight is 232 g/mol. The molecule has 3 rings (SSSR count). The SMILES string of the molecule is Cc1cccn2nc(NC3CCOC3C)nc12. The van der Waals surface area contributed by atoms with Crippen LogP contribution in [0.5, 0.6) is 0 Å². The fraction of sp³-hybridized carbons (Fsp3) is 0.500. The molecule has 0 saturated carbocycles. The number of hydrogen-bond donors (Lipinski definition) is 1. The van der Waals surface area contributed by atoms with Crippen molar-refractivity contribution in [3.05, 3.63) is 23.9 Å². The predicted molar refractivity (Wildman–Crippen MR) is 65.2 cm³/mol. The van der Waals surface area contributed by atoms with Crippen LogP contribution in [0.2, 0.25) is 0 Å². The van der Waals surface area contributed by atoms with Gasteiger partial charge in [-0.2, -0.15) is 4.98 Å². The minimum Gasteiger partial charge on any atom is -0.376 e. The summed E-state index contributed by atoms with van der Waals surface area (Å²) in [6, 6.07) is 4.32. The molecule has 2 unspecified atom stereocenters. The zero-order chi connectivity index (χ0) is 11.8. The Morgan fingerprint density at radius 2 is 2.41 bits per heavy atom. The van der Waals surface area contributed by atoms with Crippen molar-refractivity contribution in [2.75, 3.05) is 11.9 Å². The van der Waals surface area contributed by atoms with Gasteiger partial charge in [0, 0.05) is 12.8 Å². The first-order chi connectivity index (χ1) is 8.24. The van der Waals surface area contributed by atoms with Gasteiger partial charge < -0.3 is 10.1 Å². The first-order valence-electron chi connectivity index (χ1n) is 5.94. The number of rotatable bonds is 2. The van der Waals surface area contributed by atoms with Crippen molar-refractivity contribution in [3.8, 4) is 0 Å². The van der Waals surface area contributed by atoms with Gasteiger partial charge in [-0.25, -0.2) is 4.52 Å². The number of pyridine rings is 1. The van der Waals surface area contributed by atoms with Crippen LogP contribution in [0.3, 0.4) is 0 Å². The zero-order valence-electron chi connectivity index (χ0n) is 10.1. The number of ether oxygens (including phenoxy) is 1. The molecule has 1 aliphatic rings. The van der Waals surface area contributed by atoms with Gasteiger partial charge in [0.25, 0.3) is 0 Å². The van der Waals surface area contributed by atoms with Gasteiger partial charge in [-0.3, -0.25) is 0 Å². The van der Waals surface area contributed by atoms with E-state index < -0.39 is 0 Å². The number of aromatic nitrogens is 3. The Morgan fingerprint density at radius 3 is 3.12 bits per heavy atom. The van der Waals surface area contributed by atoms with Crippen molar-refractivity contribution >= 4 is 11.6 Å². The van der Waals surface area contributed by atoms with E-state index in [9.17, 15) is 0 Å². The van der Waals surface area contributed by atoms with Gasteiger partial charge in [0.1, 0.15) is 0 Å². The van der Waals surface area contributed by atoms with Crippen molar-refractivity contribution in [3.63, 3.8) is 0 Å². The molecule has 1 aliphatic heterocycles. The highest BCUT2D eigenvalue weighted by molar-refractivity contribution is 5.50. The van der Waals surface area contributed by atoms with Gasteiger partial charge in [0.05, 0.1) is 12.1 Å². The van der Waals surface area contributed by atoms with E-state index in [1.807, 2.05) is 25.3 Å². The zero-order valence-corrected chi connectivity index (χ0v) is 10.1. The lowest BCUT2D eigenvalue weighted by Crippen LogP contribution is -2.27. The Kier molecular flexibility index (Phi) is 2.48. The quantitative estimate of drug-likeness (QED) is 0.855. The first kappa shape index (κ1) is 10.5. The van der Waals surface area contributed by atoms with Crippen LogP contribution in [0.1, 0.15) is 18.9 Å². The molecule has 0 radical (unpaired) electrons. The number of nitrogens with zero attached hydrogens (tertiary/aromatic N) is 3. The normalized spacial score (nSPS) is 24.4. The molecule has 2 atom stereocenters. The van der Waals surface area contributed by atoms with Gasteiger partial charge in [-0.15, -0.1) is 5.10 Å². The third-order valence-corrected chi connectivity index (χ3v) is 3.25. The second-order valence-electron chi connectivity index (χ2n) is 4.51. The maximum atomic E-state index is 5.51. The van der Waals surface area contributed by atoms with Crippen molar-refractivity contribution in [2.24, 2.45) is 0 Å². The van der Waals surface area contributed by atoms with Crippen molar-refractivity contribution < 1.29 is 4.74 Å². The molecule has 0 aromatic carbocycles. The fourth-order valence-electron chi connectivity index (χ4n) is 2.19. The standard InChI is InChI=1S/C12H16N4O/c1-8-4-3-6-16-11(8)14-12(15-16)13-10-5-7-17-9(10)2/h3-4,6,9-10H,5,7H2,1-2H3,(H,13,15). The monoisotopic (exact) mass is 232 g/mol. The molecule has 0 amide bonds. The molecule has 0 bridgehead atoms. The maximum absolute atomic E-state index is 5.51. The summed E-state index contributed by atoms with van der Waals surface area (Å²) >= 11 is 0. The predicted octanol–water partition coefficient (Wildman–Crippen LogP) is 1.63. The number of hydrogen-bond acceptors (Lipinski definition) is 4. The molecule has 17 heavy (non-hydrogen) atoms. The van der Waals surface area contributed by atoms with Crippen LogP contribution in [-0.2, 0) is 4.74 Å². The highest BCUT2D eigenvalue weighted by atomic mass is 16.5. The molecule has 2 aromatic rings. The lowest BCUT2D eigenvalue weighted by Gasteiger charge is -2.13. The van der Waals surface area contributed by atoms with Gasteiger partial charge >= 0.3 is 0 Å². The summed E-state index contributed by atoms with van der Waals surface area (Å²) in [5.41, 5.74) is 2.03. The summed E-state index contributed by atoms with van der Waals surface area (Å²) < 4.78 is 7.31. The van der Waals surface area contributed by atoms with E-state index in [0.29, 0.717) is 12.0 Å². The molecular weight excluding hydrogens is 216 g/mol. The third-order valence-electron chi connectivity index (χ3n) is 3.25. The number of nitrogens with one attached hydrogen (secondary N) is 1. The second-order valence-corrected chi connectivity index (χ2v) is 4.51. The van der Waals surface area contributed by atoms with Crippen LogP contribution < -0.4 is 5.32 Å². The van der Waals surface area contributed by atoms with E-state index in [1.54, 1.807) is 4.52 Å². The fourth-order valence-corrected chi connectivity index (χ4v) is 2.19. The largest absolute Gasteiger partial charge is 0.376 e. The Bertz CT molecular complexity index is 536. The number of anilines is 1. The van der Waals surface area contributed by atoms with E-state index in [2.05, 4.69) is 22.3 Å². The Hall–Kier alpha value is -1.62. The molecule has 0 spiro atoms. The molecule has 2 aromatic heterocycles. The molecule has 90 valence electrons. The summed E-state index contributed by atoms with van der Waals surface area (Å²) in [5, 5.41) is 7.75. The Balaban J connectivity index is 1.88. The molecule has 1 saturated heterocycles. The number of fused-ring (bicyclic) bond motifs is 1. The third kappa shape index (κ3) is 1.86. The molecule has 5 nitrogen and oxygen atoms in total. The Morgan fingerprint density at radius 1 is 1.53 bits per heavy atom. The Labute approximate surface area is 99.8 Å². The van der Waals surface area contributed by atoms with Crippen LogP contribution in [0.15, 0.2) is 18.3 Å². The summed E-state index contributed by atoms with van der Waals surface area (Å²) in [5.74, 6) is 0.682. The summed E-state index contributed by atoms with van der Waals surface area (Å²) in [6.07, 6.45) is 3.15. The van der Waals surface area contributed by atoms with Gasteiger partial charge in [0.2, 0.25) is 5.95 Å². The average Bonchev–Trinajstić information content (AvgIpc) is 2.87. The summed E-state index contributed by atoms with van der Waals surface area (Å²) in [6.45, 7) is 4.92. The molecule has 5 heteroatoms. The van der Waals surface area contributed by atoms with Crippen LogP contribution in [0.25, 0.3) is 5.65 Å². The summed E-state index contributed by atoms with van der Waals surface area (Å²) in [4.78, 5) is 4.50. The van der Waals surface area contributed by atoms with E-state index >= 15 is 0 Å². The van der Waals surface area contributed by atoms with Crippen LogP contribution in [-0.4, -0.2) is 33.4 Å². The van der Waals surface area contributed by atoms with Crippen LogP contribution in [0.4, 0.5) is 5.95 Å². The van der Waals surface area contributed by atoms with E-state index in [4.69, 9.17) is 4.74 Å². The second kappa shape index (κ2) is 4.00. The molecule has 1 fully saturated rings. The molecule has 0 aliphatic carbocycles. The molecule has 3 heterocycles. The highest BCUT2D eigenvalue weighted by Gasteiger charge is 2.25. The number of aryl methyl sites for hydroxylation is 1. The van der Waals surface area contributed by atoms with Gasteiger partial charge in [-0.1, -0.05) is 6.07 Å². The van der Waals surface area contributed by atoms with Crippen molar-refractivity contribution in [2.45, 2.75) is 32.4 Å². The smallest absolute Gasteiger partial charge is 0.243 e. The lowest BCUT2D eigenvalue weighted by atomic mass is 10.2. The summed E-state index contributed by atoms with van der Waals surface area (Å²) in [7, 11) is 0. The van der Waals surface area contributed by atoms with Gasteiger partial charge in [0.15, 0.2) is 5.65 Å². The van der Waals surface area contributed by atoms with Crippen LogP contribution in [0, 0.1) is 6.92 Å². The van der Waals surface area contributed by atoms with Crippen molar-refractivity contribution in [1.82, 2.24) is 14.6 Å². The lowest BCUT2D eigenvalue weighted by molar-refractivity contribution is 0.121.